The highest BCUT2D eigenvalue weighted by Gasteiger charge is 2.38. The molecule has 0 aliphatic rings. The lowest BCUT2D eigenvalue weighted by molar-refractivity contribution is -0.159. The molecule has 0 spiro atoms. The maximum Gasteiger partial charge on any atom is 0.471 e. The molecule has 0 saturated carbocycles. The molecule has 0 amide bonds. The molecular formula is C18H12F3N7O3. The summed E-state index contributed by atoms with van der Waals surface area (Å²) in [6.07, 6.45) is 0.788. The molecule has 3 heterocycles. The number of nitrogens with one attached hydrogen (secondary N) is 1. The zero-order chi connectivity index (χ0) is 22.2. The van der Waals surface area contributed by atoms with Gasteiger partial charge in [0.2, 0.25) is 5.82 Å². The molecule has 10 nitrogen and oxygen atoms in total. The molecule has 158 valence electrons. The number of hydrogen-bond donors (Lipinski definition) is 1. The maximum absolute atomic E-state index is 12.6. The van der Waals surface area contributed by atoms with Crippen LogP contribution in [0.4, 0.5) is 30.2 Å². The molecule has 1 N–H and O–H groups in total. The predicted octanol–water partition coefficient (Wildman–Crippen LogP) is 1.92. The average Bonchev–Trinajstić information content (AvgIpc) is 3.25. The molecule has 3 aromatic heterocycles. The fourth-order valence-corrected chi connectivity index (χ4v) is 2.80. The van der Waals surface area contributed by atoms with E-state index in [2.05, 4.69) is 34.9 Å². The number of hydrogen-bond acceptors (Lipinski definition) is 10. The van der Waals surface area contributed by atoms with Gasteiger partial charge >= 0.3 is 12.1 Å². The molecule has 13 heteroatoms. The minimum Gasteiger partial charge on any atom is -0.364 e. The number of nitrogens with zero attached hydrogens (tertiary/aromatic N) is 6. The summed E-state index contributed by atoms with van der Waals surface area (Å²) in [6, 6.07) is 3.02. The van der Waals surface area contributed by atoms with Crippen LogP contribution in [0.5, 0.6) is 0 Å². The number of anilines is 3. The summed E-state index contributed by atoms with van der Waals surface area (Å²) in [7, 11) is 1.60. The van der Waals surface area contributed by atoms with E-state index in [0.717, 1.165) is 0 Å². The second-order valence-corrected chi connectivity index (χ2v) is 6.45. The zero-order valence-corrected chi connectivity index (χ0v) is 15.7. The first-order valence-electron chi connectivity index (χ1n) is 8.66. The summed E-state index contributed by atoms with van der Waals surface area (Å²) < 4.78 is 41.9. The van der Waals surface area contributed by atoms with Gasteiger partial charge in [-0.2, -0.15) is 18.2 Å². The van der Waals surface area contributed by atoms with E-state index in [1.165, 1.54) is 35.9 Å². The lowest BCUT2D eigenvalue weighted by Crippen LogP contribution is -2.40. The Morgan fingerprint density at radius 3 is 2.45 bits per heavy atom. The lowest BCUT2D eigenvalue weighted by atomic mass is 10.1. The Labute approximate surface area is 171 Å². The molecule has 0 unspecified atom stereocenters. The summed E-state index contributed by atoms with van der Waals surface area (Å²) in [5.41, 5.74) is 0.152. The number of halogens is 3. The van der Waals surface area contributed by atoms with Crippen molar-refractivity contribution in [2.75, 3.05) is 17.3 Å². The van der Waals surface area contributed by atoms with Gasteiger partial charge in [0.05, 0.1) is 30.3 Å². The van der Waals surface area contributed by atoms with E-state index < -0.39 is 22.9 Å². The predicted molar refractivity (Wildman–Crippen MR) is 101 cm³/mol. The van der Waals surface area contributed by atoms with E-state index in [1.807, 2.05) is 0 Å². The van der Waals surface area contributed by atoms with E-state index >= 15 is 0 Å². The van der Waals surface area contributed by atoms with Crippen molar-refractivity contribution in [1.29, 1.82) is 0 Å². The Balaban J connectivity index is 1.49. The highest BCUT2D eigenvalue weighted by molar-refractivity contribution is 5.79. The van der Waals surface area contributed by atoms with Crippen LogP contribution in [-0.4, -0.2) is 32.1 Å². The van der Waals surface area contributed by atoms with Gasteiger partial charge < -0.3 is 14.7 Å². The van der Waals surface area contributed by atoms with Crippen molar-refractivity contribution in [2.24, 2.45) is 0 Å². The third-order valence-electron chi connectivity index (χ3n) is 4.25. The van der Waals surface area contributed by atoms with Crippen LogP contribution in [0.2, 0.25) is 0 Å². The smallest absolute Gasteiger partial charge is 0.364 e. The Morgan fingerprint density at radius 2 is 1.84 bits per heavy atom. The molecule has 31 heavy (non-hydrogen) atoms. The first-order valence-corrected chi connectivity index (χ1v) is 8.66. The van der Waals surface area contributed by atoms with Crippen LogP contribution in [-0.2, 0) is 12.7 Å². The molecule has 0 aliphatic carbocycles. The van der Waals surface area contributed by atoms with Gasteiger partial charge in [-0.25, -0.2) is 9.97 Å². The van der Waals surface area contributed by atoms with Gasteiger partial charge in [-0.05, 0) is 12.1 Å². The van der Waals surface area contributed by atoms with Crippen LogP contribution >= 0.6 is 0 Å². The molecule has 0 bridgehead atoms. The average molecular weight is 431 g/mol. The van der Waals surface area contributed by atoms with E-state index in [-0.39, 0.29) is 29.3 Å². The standard InChI is InChI=1S/C18H12F3N7O3/c1-28(13-12(14(29)15(13)30)25-11-5-22-8-23-6-11)7-10-3-2-9(4-24-10)16-26-17(31-27-16)18(19,20)21/h2-6,8,25H,7H2,1H3. The van der Waals surface area contributed by atoms with Gasteiger partial charge in [0.1, 0.15) is 17.7 Å². The molecule has 4 aromatic rings. The van der Waals surface area contributed by atoms with Crippen molar-refractivity contribution < 1.29 is 17.7 Å². The third-order valence-corrected chi connectivity index (χ3v) is 4.25. The molecular weight excluding hydrogens is 419 g/mol. The summed E-state index contributed by atoms with van der Waals surface area (Å²) in [5, 5.41) is 6.12. The summed E-state index contributed by atoms with van der Waals surface area (Å²) >= 11 is 0. The first-order chi connectivity index (χ1) is 14.7. The van der Waals surface area contributed by atoms with Gasteiger partial charge in [0.25, 0.3) is 10.9 Å². The van der Waals surface area contributed by atoms with Crippen molar-refractivity contribution in [3.8, 4) is 11.4 Å². The number of pyridine rings is 1. The van der Waals surface area contributed by atoms with Crippen LogP contribution in [0.15, 0.2) is 51.2 Å². The Bertz CT molecular complexity index is 1280. The first kappa shape index (κ1) is 20.1. The molecule has 0 atom stereocenters. The molecule has 0 radical (unpaired) electrons. The lowest BCUT2D eigenvalue weighted by Gasteiger charge is -2.23. The van der Waals surface area contributed by atoms with Crippen molar-refractivity contribution in [1.82, 2.24) is 25.1 Å². The fourth-order valence-electron chi connectivity index (χ4n) is 2.80. The number of rotatable bonds is 6. The molecule has 0 fully saturated rings. The largest absolute Gasteiger partial charge is 0.471 e. The van der Waals surface area contributed by atoms with Gasteiger partial charge in [-0.3, -0.25) is 14.6 Å². The number of aromatic nitrogens is 5. The topological polar surface area (TPSA) is 127 Å². The zero-order valence-electron chi connectivity index (χ0n) is 15.7. The van der Waals surface area contributed by atoms with Crippen LogP contribution in [0.1, 0.15) is 11.6 Å². The highest BCUT2D eigenvalue weighted by Crippen LogP contribution is 2.29. The summed E-state index contributed by atoms with van der Waals surface area (Å²) in [5.74, 6) is -1.70. The molecule has 0 saturated heterocycles. The summed E-state index contributed by atoms with van der Waals surface area (Å²) in [6.45, 7) is 0.158. The van der Waals surface area contributed by atoms with Crippen molar-refractivity contribution >= 4 is 17.1 Å². The normalized spacial score (nSPS) is 11.6. The van der Waals surface area contributed by atoms with E-state index in [9.17, 15) is 22.8 Å². The summed E-state index contributed by atoms with van der Waals surface area (Å²) in [4.78, 5) is 40.7. The van der Waals surface area contributed by atoms with Gasteiger partial charge in [-0.15, -0.1) is 0 Å². The molecule has 4 rings (SSSR count). The maximum atomic E-state index is 12.6. The molecule has 0 aliphatic heterocycles. The van der Waals surface area contributed by atoms with Gasteiger partial charge in [-0.1, -0.05) is 5.16 Å². The second-order valence-electron chi connectivity index (χ2n) is 6.45. The van der Waals surface area contributed by atoms with Gasteiger partial charge in [0.15, 0.2) is 0 Å². The Morgan fingerprint density at radius 1 is 1.10 bits per heavy atom. The van der Waals surface area contributed by atoms with Gasteiger partial charge in [0, 0.05) is 18.8 Å². The minimum atomic E-state index is -4.74. The van der Waals surface area contributed by atoms with Crippen molar-refractivity contribution in [3.63, 3.8) is 0 Å². The third kappa shape index (κ3) is 3.97. The van der Waals surface area contributed by atoms with Crippen molar-refractivity contribution in [3.05, 3.63) is 69.1 Å². The second kappa shape index (κ2) is 7.59. The molecule has 1 aromatic carbocycles. The van der Waals surface area contributed by atoms with Crippen LogP contribution in [0.25, 0.3) is 11.4 Å². The van der Waals surface area contributed by atoms with Crippen molar-refractivity contribution in [2.45, 2.75) is 12.7 Å². The SMILES string of the molecule is CN(Cc1ccc(-c2noc(C(F)(F)F)n2)cn1)c1c(Nc2cncnc2)c(=O)c1=O. The minimum absolute atomic E-state index is 0.116. The van der Waals surface area contributed by atoms with E-state index in [4.69, 9.17) is 0 Å². The Kier molecular flexibility index (Phi) is 4.93. The van der Waals surface area contributed by atoms with Crippen LogP contribution in [0, 0.1) is 0 Å². The quantitative estimate of drug-likeness (QED) is 0.452. The van der Waals surface area contributed by atoms with Crippen LogP contribution in [0.3, 0.4) is 0 Å². The van der Waals surface area contributed by atoms with E-state index in [0.29, 0.717) is 11.4 Å². The fraction of sp³-hybridized carbons (Fsp3) is 0.167. The number of alkyl halides is 3. The van der Waals surface area contributed by atoms with E-state index in [1.54, 1.807) is 13.1 Å². The highest BCUT2D eigenvalue weighted by atomic mass is 19.4. The monoisotopic (exact) mass is 431 g/mol. The Hall–Kier alpha value is -4.16. The van der Waals surface area contributed by atoms with Crippen LogP contribution < -0.4 is 21.1 Å².